The Bertz CT molecular complexity index is 410. The molecule has 0 atom stereocenters. The van der Waals surface area contributed by atoms with Crippen LogP contribution in [0.15, 0.2) is 6.20 Å². The van der Waals surface area contributed by atoms with E-state index in [9.17, 15) is 4.79 Å². The molecule has 0 radical (unpaired) electrons. The van der Waals surface area contributed by atoms with Crippen molar-refractivity contribution in [3.05, 3.63) is 11.9 Å². The van der Waals surface area contributed by atoms with Gasteiger partial charge >= 0.3 is 6.09 Å². The van der Waals surface area contributed by atoms with Gasteiger partial charge in [0.25, 0.3) is 0 Å². The molecule has 6 nitrogen and oxygen atoms in total. The van der Waals surface area contributed by atoms with Crippen molar-refractivity contribution >= 4 is 12.0 Å². The Labute approximate surface area is 107 Å². The summed E-state index contributed by atoms with van der Waals surface area (Å²) >= 11 is 0. The van der Waals surface area contributed by atoms with Gasteiger partial charge in [-0.05, 0) is 27.2 Å². The summed E-state index contributed by atoms with van der Waals surface area (Å²) in [6.07, 6.45) is 2.64. The van der Waals surface area contributed by atoms with Crippen molar-refractivity contribution < 1.29 is 9.53 Å². The number of anilines is 1. The maximum absolute atomic E-state index is 11.5. The minimum atomic E-state index is -0.473. The number of hydrogen-bond donors (Lipinski definition) is 2. The number of carbonyl (C=O) groups is 1. The normalized spacial score (nSPS) is 14.6. The second-order valence-electron chi connectivity index (χ2n) is 5.39. The zero-order valence-electron chi connectivity index (χ0n) is 11.1. The molecule has 1 aliphatic heterocycles. The molecule has 0 aromatic carbocycles. The van der Waals surface area contributed by atoms with Crippen LogP contribution in [0.1, 0.15) is 32.9 Å². The van der Waals surface area contributed by atoms with Crippen LogP contribution in [-0.2, 0) is 17.8 Å². The topological polar surface area (TPSA) is 68.2 Å². The molecule has 0 spiro atoms. The van der Waals surface area contributed by atoms with Crippen LogP contribution in [0.3, 0.4) is 0 Å². The molecule has 1 amide bonds. The number of ether oxygens (including phenoxy) is 1. The predicted octanol–water partition coefficient (Wildman–Crippen LogP) is 1.72. The van der Waals surface area contributed by atoms with Crippen LogP contribution in [0.5, 0.6) is 0 Å². The van der Waals surface area contributed by atoms with Gasteiger partial charge in [0.2, 0.25) is 5.95 Å². The van der Waals surface area contributed by atoms with Gasteiger partial charge in [-0.25, -0.2) is 9.78 Å². The zero-order chi connectivity index (χ0) is 13.2. The second kappa shape index (κ2) is 4.88. The molecule has 100 valence electrons. The molecule has 18 heavy (non-hydrogen) atoms. The SMILES string of the molecule is CC(C)(C)OC(=O)NCc1cn2c(n1)NCCC2. The van der Waals surface area contributed by atoms with Crippen molar-refractivity contribution in [1.82, 2.24) is 14.9 Å². The van der Waals surface area contributed by atoms with Crippen molar-refractivity contribution in [3.63, 3.8) is 0 Å². The number of aromatic nitrogens is 2. The van der Waals surface area contributed by atoms with E-state index in [1.165, 1.54) is 0 Å². The molecule has 1 aromatic heterocycles. The van der Waals surface area contributed by atoms with E-state index in [1.54, 1.807) is 0 Å². The minimum absolute atomic E-state index is 0.386. The van der Waals surface area contributed by atoms with E-state index < -0.39 is 11.7 Å². The Balaban J connectivity index is 1.87. The smallest absolute Gasteiger partial charge is 0.407 e. The predicted molar refractivity (Wildman–Crippen MR) is 68.4 cm³/mol. The fraction of sp³-hybridized carbons (Fsp3) is 0.667. The quantitative estimate of drug-likeness (QED) is 0.841. The van der Waals surface area contributed by atoms with Crippen LogP contribution in [0.2, 0.25) is 0 Å². The minimum Gasteiger partial charge on any atom is -0.444 e. The maximum atomic E-state index is 11.5. The molecule has 0 bridgehead atoms. The largest absolute Gasteiger partial charge is 0.444 e. The third kappa shape index (κ3) is 3.38. The molecule has 1 aromatic rings. The fourth-order valence-electron chi connectivity index (χ4n) is 1.79. The van der Waals surface area contributed by atoms with Gasteiger partial charge in [-0.1, -0.05) is 0 Å². The molecule has 0 saturated heterocycles. The molecular formula is C12H20N4O2. The van der Waals surface area contributed by atoms with E-state index in [0.717, 1.165) is 31.2 Å². The van der Waals surface area contributed by atoms with E-state index in [1.807, 2.05) is 27.0 Å². The average Bonchev–Trinajstić information content (AvgIpc) is 2.66. The molecular weight excluding hydrogens is 232 g/mol. The van der Waals surface area contributed by atoms with Crippen LogP contribution in [0, 0.1) is 0 Å². The summed E-state index contributed by atoms with van der Waals surface area (Å²) in [4.78, 5) is 15.9. The molecule has 6 heteroatoms. The molecule has 2 N–H and O–H groups in total. The average molecular weight is 252 g/mol. The van der Waals surface area contributed by atoms with E-state index in [0.29, 0.717) is 6.54 Å². The Morgan fingerprint density at radius 3 is 3.06 bits per heavy atom. The molecule has 2 heterocycles. The first-order valence-corrected chi connectivity index (χ1v) is 6.21. The van der Waals surface area contributed by atoms with Crippen LogP contribution >= 0.6 is 0 Å². The Hall–Kier alpha value is -1.72. The zero-order valence-corrected chi connectivity index (χ0v) is 11.1. The van der Waals surface area contributed by atoms with Crippen LogP contribution < -0.4 is 10.6 Å². The number of imidazole rings is 1. The van der Waals surface area contributed by atoms with Gasteiger partial charge in [-0.2, -0.15) is 0 Å². The van der Waals surface area contributed by atoms with E-state index >= 15 is 0 Å². The van der Waals surface area contributed by atoms with Gasteiger partial charge in [0, 0.05) is 19.3 Å². The number of nitrogens with one attached hydrogen (secondary N) is 2. The molecule has 1 aliphatic rings. The summed E-state index contributed by atoms with van der Waals surface area (Å²) in [5.41, 5.74) is 0.365. The number of hydrogen-bond acceptors (Lipinski definition) is 4. The molecule has 0 aliphatic carbocycles. The van der Waals surface area contributed by atoms with Crippen molar-refractivity contribution in [1.29, 1.82) is 0 Å². The number of rotatable bonds is 2. The lowest BCUT2D eigenvalue weighted by atomic mass is 10.2. The first-order valence-electron chi connectivity index (χ1n) is 6.21. The second-order valence-corrected chi connectivity index (χ2v) is 5.39. The van der Waals surface area contributed by atoms with Gasteiger partial charge in [-0.15, -0.1) is 0 Å². The summed E-state index contributed by atoms with van der Waals surface area (Å²) in [5, 5.41) is 5.92. The van der Waals surface area contributed by atoms with Gasteiger partial charge in [0.05, 0.1) is 12.2 Å². The number of fused-ring (bicyclic) bond motifs is 1. The Morgan fingerprint density at radius 2 is 2.39 bits per heavy atom. The summed E-state index contributed by atoms with van der Waals surface area (Å²) in [5.74, 6) is 0.877. The molecule has 2 rings (SSSR count). The van der Waals surface area contributed by atoms with Crippen molar-refractivity contribution in [3.8, 4) is 0 Å². The molecule has 0 saturated carbocycles. The van der Waals surface area contributed by atoms with E-state index in [-0.39, 0.29) is 0 Å². The van der Waals surface area contributed by atoms with Crippen LogP contribution in [0.4, 0.5) is 10.7 Å². The first-order chi connectivity index (χ1) is 8.44. The number of nitrogens with zero attached hydrogens (tertiary/aromatic N) is 2. The maximum Gasteiger partial charge on any atom is 0.407 e. The summed E-state index contributed by atoms with van der Waals surface area (Å²) in [6.45, 7) is 7.83. The van der Waals surface area contributed by atoms with Crippen LogP contribution in [0.25, 0.3) is 0 Å². The molecule has 0 unspecified atom stereocenters. The number of alkyl carbamates (subject to hydrolysis) is 1. The van der Waals surface area contributed by atoms with E-state index in [4.69, 9.17) is 4.74 Å². The first kappa shape index (κ1) is 12.7. The van der Waals surface area contributed by atoms with Gasteiger partial charge in [-0.3, -0.25) is 0 Å². The lowest BCUT2D eigenvalue weighted by molar-refractivity contribution is 0.0523. The lowest BCUT2D eigenvalue weighted by Gasteiger charge is -2.19. The van der Waals surface area contributed by atoms with Crippen LogP contribution in [-0.4, -0.2) is 27.8 Å². The van der Waals surface area contributed by atoms with Gasteiger partial charge in [0.1, 0.15) is 5.60 Å². The number of amides is 1. The molecule has 0 fully saturated rings. The van der Waals surface area contributed by atoms with Gasteiger partial charge in [0.15, 0.2) is 0 Å². The van der Waals surface area contributed by atoms with Crippen molar-refractivity contribution in [2.45, 2.75) is 45.9 Å². The van der Waals surface area contributed by atoms with E-state index in [2.05, 4.69) is 20.2 Å². The highest BCUT2D eigenvalue weighted by Crippen LogP contribution is 2.14. The highest BCUT2D eigenvalue weighted by molar-refractivity contribution is 5.67. The third-order valence-electron chi connectivity index (χ3n) is 2.50. The summed E-state index contributed by atoms with van der Waals surface area (Å²) in [6, 6.07) is 0. The van der Waals surface area contributed by atoms with Crippen molar-refractivity contribution in [2.24, 2.45) is 0 Å². The van der Waals surface area contributed by atoms with Crippen molar-refractivity contribution in [2.75, 3.05) is 11.9 Å². The summed E-state index contributed by atoms with van der Waals surface area (Å²) in [7, 11) is 0. The lowest BCUT2D eigenvalue weighted by Crippen LogP contribution is -2.32. The number of carbonyl (C=O) groups excluding carboxylic acids is 1. The fourth-order valence-corrected chi connectivity index (χ4v) is 1.79. The number of aryl methyl sites for hydroxylation is 1. The monoisotopic (exact) mass is 252 g/mol. The highest BCUT2D eigenvalue weighted by Gasteiger charge is 2.17. The Morgan fingerprint density at radius 1 is 1.61 bits per heavy atom. The Kier molecular flexibility index (Phi) is 3.45. The van der Waals surface area contributed by atoms with Gasteiger partial charge < -0.3 is 19.9 Å². The standard InChI is InChI=1S/C12H20N4O2/c1-12(2,3)18-11(17)14-7-9-8-16-6-4-5-13-10(16)15-9/h8H,4-7H2,1-3H3,(H,13,15)(H,14,17). The summed E-state index contributed by atoms with van der Waals surface area (Å²) < 4.78 is 7.23. The highest BCUT2D eigenvalue weighted by atomic mass is 16.6. The third-order valence-corrected chi connectivity index (χ3v) is 2.50.